The van der Waals surface area contributed by atoms with Crippen LogP contribution < -0.4 is 5.32 Å². The van der Waals surface area contributed by atoms with Crippen LogP contribution in [0.5, 0.6) is 0 Å². The highest BCUT2D eigenvalue weighted by Crippen LogP contribution is 2.24. The van der Waals surface area contributed by atoms with Gasteiger partial charge in [-0.25, -0.2) is 4.98 Å². The second kappa shape index (κ2) is 5.67. The maximum atomic E-state index is 12.0. The Bertz CT molecular complexity index is 455. The van der Waals surface area contributed by atoms with Crippen molar-refractivity contribution in [2.24, 2.45) is 5.92 Å². The first kappa shape index (κ1) is 13.3. The van der Waals surface area contributed by atoms with Crippen LogP contribution in [0.15, 0.2) is 6.20 Å². The summed E-state index contributed by atoms with van der Waals surface area (Å²) in [5.41, 5.74) is 0. The van der Waals surface area contributed by atoms with E-state index in [1.54, 1.807) is 11.8 Å². The second-order valence-corrected chi connectivity index (χ2v) is 5.90. The van der Waals surface area contributed by atoms with Crippen molar-refractivity contribution >= 4 is 39.9 Å². The number of thiazole rings is 1. The quantitative estimate of drug-likeness (QED) is 0.905. The fourth-order valence-corrected chi connectivity index (χ4v) is 2.79. The molecular formula is C11H14ClN3O2S. The number of carbonyl (C=O) groups is 2. The summed E-state index contributed by atoms with van der Waals surface area (Å²) in [6, 6.07) is 0. The normalized spacial score (nSPS) is 16.7. The number of nitrogens with zero attached hydrogens (tertiary/aromatic N) is 2. The highest BCUT2D eigenvalue weighted by Gasteiger charge is 2.26. The number of hydrogen-bond acceptors (Lipinski definition) is 4. The highest BCUT2D eigenvalue weighted by atomic mass is 35.5. The summed E-state index contributed by atoms with van der Waals surface area (Å²) in [7, 11) is 0. The number of amides is 2. The zero-order valence-corrected chi connectivity index (χ0v) is 11.6. The second-order valence-electron chi connectivity index (χ2n) is 4.24. The van der Waals surface area contributed by atoms with E-state index in [4.69, 9.17) is 11.6 Å². The minimum atomic E-state index is -0.0525. The highest BCUT2D eigenvalue weighted by molar-refractivity contribution is 7.19. The molecule has 0 radical (unpaired) electrons. The molecule has 1 aromatic rings. The van der Waals surface area contributed by atoms with Gasteiger partial charge >= 0.3 is 0 Å². The molecule has 0 atom stereocenters. The van der Waals surface area contributed by atoms with E-state index in [-0.39, 0.29) is 17.7 Å². The van der Waals surface area contributed by atoms with Crippen LogP contribution >= 0.6 is 22.9 Å². The first-order valence-corrected chi connectivity index (χ1v) is 6.93. The molecule has 1 aliphatic rings. The molecule has 0 unspecified atom stereocenters. The number of hydrogen-bond donors (Lipinski definition) is 1. The molecule has 0 aromatic carbocycles. The third kappa shape index (κ3) is 3.20. The molecular weight excluding hydrogens is 274 g/mol. The van der Waals surface area contributed by atoms with Crippen LogP contribution in [0, 0.1) is 5.92 Å². The number of nitrogens with one attached hydrogen (secondary N) is 1. The molecule has 7 heteroatoms. The van der Waals surface area contributed by atoms with E-state index in [9.17, 15) is 9.59 Å². The Balaban J connectivity index is 1.86. The Labute approximate surface area is 114 Å². The molecule has 18 heavy (non-hydrogen) atoms. The van der Waals surface area contributed by atoms with Gasteiger partial charge in [-0.05, 0) is 12.8 Å². The lowest BCUT2D eigenvalue weighted by Crippen LogP contribution is -2.40. The number of anilines is 1. The molecule has 1 fully saturated rings. The Morgan fingerprint density at radius 3 is 2.67 bits per heavy atom. The smallest absolute Gasteiger partial charge is 0.229 e. The van der Waals surface area contributed by atoms with Crippen molar-refractivity contribution in [2.45, 2.75) is 19.8 Å². The predicted molar refractivity (Wildman–Crippen MR) is 70.7 cm³/mol. The summed E-state index contributed by atoms with van der Waals surface area (Å²) >= 11 is 6.99. The lowest BCUT2D eigenvalue weighted by molar-refractivity contribution is -0.132. The molecule has 1 N–H and O–H groups in total. The van der Waals surface area contributed by atoms with Crippen LogP contribution in [-0.2, 0) is 9.59 Å². The van der Waals surface area contributed by atoms with Gasteiger partial charge in [0.15, 0.2) is 5.13 Å². The third-order valence-electron chi connectivity index (χ3n) is 3.02. The van der Waals surface area contributed by atoms with E-state index in [1.165, 1.54) is 17.5 Å². The Hall–Kier alpha value is -1.14. The van der Waals surface area contributed by atoms with Gasteiger partial charge in [0.1, 0.15) is 4.34 Å². The van der Waals surface area contributed by atoms with Gasteiger partial charge in [0.25, 0.3) is 0 Å². The van der Waals surface area contributed by atoms with Gasteiger partial charge in [-0.1, -0.05) is 22.9 Å². The summed E-state index contributed by atoms with van der Waals surface area (Å²) in [6.45, 7) is 2.84. The van der Waals surface area contributed by atoms with E-state index in [1.807, 2.05) is 0 Å². The first-order chi connectivity index (χ1) is 8.56. The zero-order valence-electron chi connectivity index (χ0n) is 9.98. The Morgan fingerprint density at radius 1 is 1.50 bits per heavy atom. The first-order valence-electron chi connectivity index (χ1n) is 5.74. The van der Waals surface area contributed by atoms with Crippen LogP contribution in [0.2, 0.25) is 4.34 Å². The fourth-order valence-electron chi connectivity index (χ4n) is 1.98. The molecule has 0 bridgehead atoms. The lowest BCUT2D eigenvalue weighted by Gasteiger charge is -2.30. The lowest BCUT2D eigenvalue weighted by atomic mass is 9.96. The molecule has 2 rings (SSSR count). The van der Waals surface area contributed by atoms with Crippen molar-refractivity contribution in [1.82, 2.24) is 9.88 Å². The van der Waals surface area contributed by atoms with Crippen LogP contribution in [0.1, 0.15) is 19.8 Å². The monoisotopic (exact) mass is 287 g/mol. The van der Waals surface area contributed by atoms with Gasteiger partial charge in [0.05, 0.1) is 6.20 Å². The molecule has 2 amide bonds. The van der Waals surface area contributed by atoms with Crippen molar-refractivity contribution in [2.75, 3.05) is 18.4 Å². The standard InChI is InChI=1S/C11H14ClN3O2S/c1-7(16)15-4-2-8(3-5-15)10(17)14-11-13-6-9(12)18-11/h6,8H,2-5H2,1H3,(H,13,14,17). The average Bonchev–Trinajstić information content (AvgIpc) is 2.75. The maximum absolute atomic E-state index is 12.0. The number of piperidine rings is 1. The van der Waals surface area contributed by atoms with Crippen LogP contribution in [0.25, 0.3) is 0 Å². The van der Waals surface area contributed by atoms with E-state index < -0.39 is 0 Å². The van der Waals surface area contributed by atoms with E-state index in [0.717, 1.165) is 0 Å². The minimum Gasteiger partial charge on any atom is -0.343 e. The molecule has 1 aromatic heterocycles. The van der Waals surface area contributed by atoms with Crippen molar-refractivity contribution < 1.29 is 9.59 Å². The molecule has 98 valence electrons. The minimum absolute atomic E-state index is 0.0378. The van der Waals surface area contributed by atoms with E-state index in [2.05, 4.69) is 10.3 Å². The third-order valence-corrected chi connectivity index (χ3v) is 4.05. The van der Waals surface area contributed by atoms with Gasteiger partial charge in [0, 0.05) is 25.9 Å². The molecule has 1 aliphatic heterocycles. The summed E-state index contributed by atoms with van der Waals surface area (Å²) in [6.07, 6.45) is 2.91. The molecule has 5 nitrogen and oxygen atoms in total. The summed E-state index contributed by atoms with van der Waals surface area (Å²) in [5.74, 6) is -0.0203. The molecule has 0 aliphatic carbocycles. The van der Waals surface area contributed by atoms with Crippen molar-refractivity contribution in [3.05, 3.63) is 10.5 Å². The van der Waals surface area contributed by atoms with Gasteiger partial charge in [-0.15, -0.1) is 0 Å². The molecule has 0 saturated carbocycles. The molecule has 2 heterocycles. The van der Waals surface area contributed by atoms with Crippen LogP contribution in [0.4, 0.5) is 5.13 Å². The van der Waals surface area contributed by atoms with Crippen molar-refractivity contribution in [1.29, 1.82) is 0 Å². The number of rotatable bonds is 2. The average molecular weight is 288 g/mol. The summed E-state index contributed by atoms with van der Waals surface area (Å²) in [4.78, 5) is 28.9. The maximum Gasteiger partial charge on any atom is 0.229 e. The van der Waals surface area contributed by atoms with Gasteiger partial charge in [-0.2, -0.15) is 0 Å². The number of aromatic nitrogens is 1. The Morgan fingerprint density at radius 2 is 2.17 bits per heavy atom. The van der Waals surface area contributed by atoms with Crippen LogP contribution in [-0.4, -0.2) is 34.8 Å². The van der Waals surface area contributed by atoms with Crippen molar-refractivity contribution in [3.8, 4) is 0 Å². The number of likely N-dealkylation sites (tertiary alicyclic amines) is 1. The van der Waals surface area contributed by atoms with Gasteiger partial charge in [-0.3, -0.25) is 9.59 Å². The predicted octanol–water partition coefficient (Wildman–Crippen LogP) is 1.99. The summed E-state index contributed by atoms with van der Waals surface area (Å²) < 4.78 is 0.552. The molecule has 1 saturated heterocycles. The van der Waals surface area contributed by atoms with Gasteiger partial charge in [0.2, 0.25) is 11.8 Å². The van der Waals surface area contributed by atoms with Gasteiger partial charge < -0.3 is 10.2 Å². The van der Waals surface area contributed by atoms with E-state index >= 15 is 0 Å². The number of halogens is 1. The fraction of sp³-hybridized carbons (Fsp3) is 0.545. The zero-order chi connectivity index (χ0) is 13.1. The largest absolute Gasteiger partial charge is 0.343 e. The molecule has 0 spiro atoms. The number of carbonyl (C=O) groups excluding carboxylic acids is 2. The SMILES string of the molecule is CC(=O)N1CCC(C(=O)Nc2ncc(Cl)s2)CC1. The van der Waals surface area contributed by atoms with E-state index in [0.29, 0.717) is 35.4 Å². The van der Waals surface area contributed by atoms with Crippen molar-refractivity contribution in [3.63, 3.8) is 0 Å². The topological polar surface area (TPSA) is 62.3 Å². The summed E-state index contributed by atoms with van der Waals surface area (Å²) in [5, 5.41) is 3.28. The van der Waals surface area contributed by atoms with Crippen LogP contribution in [0.3, 0.4) is 0 Å². The Kier molecular flexibility index (Phi) is 4.19.